The number of rotatable bonds is 2. The van der Waals surface area contributed by atoms with Crippen LogP contribution < -0.4 is 5.32 Å². The highest BCUT2D eigenvalue weighted by molar-refractivity contribution is 5.02. The van der Waals surface area contributed by atoms with Gasteiger partial charge < -0.3 is 5.32 Å². The molecule has 0 atom stereocenters. The molecule has 0 aromatic carbocycles. The van der Waals surface area contributed by atoms with Crippen molar-refractivity contribution in [1.82, 2.24) is 5.32 Å². The van der Waals surface area contributed by atoms with Crippen LogP contribution in [0.5, 0.6) is 0 Å². The van der Waals surface area contributed by atoms with Gasteiger partial charge >= 0.3 is 0 Å². The monoisotopic (exact) mass is 141 g/mol. The van der Waals surface area contributed by atoms with E-state index in [4.69, 9.17) is 0 Å². The van der Waals surface area contributed by atoms with Crippen molar-refractivity contribution in [3.05, 3.63) is 12.3 Å². The lowest BCUT2D eigenvalue weighted by Crippen LogP contribution is -2.28. The van der Waals surface area contributed by atoms with Crippen LogP contribution in [0.4, 0.5) is 0 Å². The van der Waals surface area contributed by atoms with E-state index in [1.165, 1.54) is 0 Å². The van der Waals surface area contributed by atoms with Crippen LogP contribution in [0.15, 0.2) is 12.3 Å². The fourth-order valence-corrected chi connectivity index (χ4v) is 0.565. The largest absolute Gasteiger partial charge is 0.386 e. The Bertz CT molecular complexity index is 117. The molecule has 1 heteroatoms. The van der Waals surface area contributed by atoms with Gasteiger partial charge in [-0.05, 0) is 13.8 Å². The van der Waals surface area contributed by atoms with Crippen LogP contribution in [0.3, 0.4) is 0 Å². The lowest BCUT2D eigenvalue weighted by Gasteiger charge is -2.25. The third-order valence-corrected chi connectivity index (χ3v) is 1.37. The van der Waals surface area contributed by atoms with Gasteiger partial charge in [-0.25, -0.2) is 0 Å². The topological polar surface area (TPSA) is 12.0 Å². The van der Waals surface area contributed by atoms with E-state index < -0.39 is 0 Å². The molecule has 0 bridgehead atoms. The zero-order chi connectivity index (χ0) is 8.36. The first-order valence-corrected chi connectivity index (χ1v) is 3.80. The van der Waals surface area contributed by atoms with E-state index in [1.54, 1.807) is 0 Å². The maximum Gasteiger partial charge on any atom is 0.0201 e. The van der Waals surface area contributed by atoms with E-state index in [2.05, 4.69) is 46.5 Å². The number of nitrogens with one attached hydrogen (secondary N) is 1. The zero-order valence-corrected chi connectivity index (χ0v) is 7.78. The molecule has 0 amide bonds. The summed E-state index contributed by atoms with van der Waals surface area (Å²) in [5.41, 5.74) is 1.30. The Labute approximate surface area is 64.5 Å². The molecule has 0 radical (unpaired) electrons. The second kappa shape index (κ2) is 3.09. The molecule has 0 heterocycles. The molecule has 0 aromatic heterocycles. The highest BCUT2D eigenvalue weighted by Gasteiger charge is 2.14. The summed E-state index contributed by atoms with van der Waals surface area (Å²) in [4.78, 5) is 0. The first kappa shape index (κ1) is 9.54. The standard InChI is InChI=1S/C9H19N/c1-7(2)10-8(3)9(4,5)6/h7,10H,3H2,1-2,4-6H3. The molecule has 0 saturated carbocycles. The van der Waals surface area contributed by atoms with Crippen molar-refractivity contribution in [2.45, 2.75) is 40.7 Å². The Kier molecular flexibility index (Phi) is 2.95. The zero-order valence-electron chi connectivity index (χ0n) is 7.78. The third kappa shape index (κ3) is 3.54. The molecule has 10 heavy (non-hydrogen) atoms. The first-order valence-electron chi connectivity index (χ1n) is 3.80. The molecule has 0 rings (SSSR count). The summed E-state index contributed by atoms with van der Waals surface area (Å²) in [6.07, 6.45) is 0. The minimum Gasteiger partial charge on any atom is -0.386 e. The van der Waals surface area contributed by atoms with Gasteiger partial charge in [0, 0.05) is 17.2 Å². The fraction of sp³-hybridized carbons (Fsp3) is 0.778. The Morgan fingerprint density at radius 3 is 1.80 bits per heavy atom. The van der Waals surface area contributed by atoms with E-state index in [9.17, 15) is 0 Å². The molecular formula is C9H19N. The maximum absolute atomic E-state index is 3.96. The number of hydrogen-bond donors (Lipinski definition) is 1. The van der Waals surface area contributed by atoms with Crippen LogP contribution in [0, 0.1) is 5.41 Å². The van der Waals surface area contributed by atoms with Gasteiger partial charge in [-0.15, -0.1) is 0 Å². The lowest BCUT2D eigenvalue weighted by molar-refractivity contribution is 0.445. The number of allylic oxidation sites excluding steroid dienone is 1. The highest BCUT2D eigenvalue weighted by atomic mass is 14.9. The van der Waals surface area contributed by atoms with Gasteiger partial charge in [0.15, 0.2) is 0 Å². The second-order valence-electron chi connectivity index (χ2n) is 4.03. The average Bonchev–Trinajstić information content (AvgIpc) is 1.60. The van der Waals surface area contributed by atoms with Crippen LogP contribution in [-0.4, -0.2) is 6.04 Å². The Morgan fingerprint density at radius 2 is 1.70 bits per heavy atom. The molecule has 0 fully saturated rings. The van der Waals surface area contributed by atoms with Crippen molar-refractivity contribution in [2.75, 3.05) is 0 Å². The van der Waals surface area contributed by atoms with Gasteiger partial charge in [0.05, 0.1) is 0 Å². The SMILES string of the molecule is C=C(NC(C)C)C(C)(C)C. The van der Waals surface area contributed by atoms with Gasteiger partial charge in [0.1, 0.15) is 0 Å². The molecule has 1 nitrogen and oxygen atoms in total. The van der Waals surface area contributed by atoms with Gasteiger partial charge in [-0.2, -0.15) is 0 Å². The summed E-state index contributed by atoms with van der Waals surface area (Å²) in [5, 5.41) is 3.29. The Hall–Kier alpha value is -0.460. The minimum atomic E-state index is 0.185. The molecule has 0 saturated heterocycles. The predicted octanol–water partition coefficient (Wildman–Crippen LogP) is 2.54. The summed E-state index contributed by atoms with van der Waals surface area (Å²) in [7, 11) is 0. The lowest BCUT2D eigenvalue weighted by atomic mass is 9.92. The number of hydrogen-bond acceptors (Lipinski definition) is 1. The van der Waals surface area contributed by atoms with Crippen molar-refractivity contribution in [3.8, 4) is 0 Å². The summed E-state index contributed by atoms with van der Waals surface area (Å²) >= 11 is 0. The summed E-state index contributed by atoms with van der Waals surface area (Å²) < 4.78 is 0. The van der Waals surface area contributed by atoms with Gasteiger partial charge in [-0.1, -0.05) is 27.4 Å². The van der Waals surface area contributed by atoms with E-state index in [1.807, 2.05) is 0 Å². The predicted molar refractivity (Wildman–Crippen MR) is 46.9 cm³/mol. The molecular weight excluding hydrogens is 122 g/mol. The normalized spacial score (nSPS) is 11.8. The van der Waals surface area contributed by atoms with Crippen LogP contribution in [0.2, 0.25) is 0 Å². The minimum absolute atomic E-state index is 0.185. The molecule has 0 aliphatic heterocycles. The maximum atomic E-state index is 3.96. The Balaban J connectivity index is 3.87. The smallest absolute Gasteiger partial charge is 0.0201 e. The third-order valence-electron chi connectivity index (χ3n) is 1.37. The van der Waals surface area contributed by atoms with Crippen molar-refractivity contribution in [3.63, 3.8) is 0 Å². The molecule has 0 aliphatic carbocycles. The van der Waals surface area contributed by atoms with E-state index >= 15 is 0 Å². The van der Waals surface area contributed by atoms with Crippen LogP contribution >= 0.6 is 0 Å². The van der Waals surface area contributed by atoms with Gasteiger partial charge in [-0.3, -0.25) is 0 Å². The van der Waals surface area contributed by atoms with Gasteiger partial charge in [0.2, 0.25) is 0 Å². The van der Waals surface area contributed by atoms with Crippen LogP contribution in [0.25, 0.3) is 0 Å². The van der Waals surface area contributed by atoms with E-state index in [0.29, 0.717) is 6.04 Å². The van der Waals surface area contributed by atoms with Crippen molar-refractivity contribution in [1.29, 1.82) is 0 Å². The summed E-state index contributed by atoms with van der Waals surface area (Å²) in [6, 6.07) is 0.492. The molecule has 0 spiro atoms. The van der Waals surface area contributed by atoms with Crippen molar-refractivity contribution >= 4 is 0 Å². The summed E-state index contributed by atoms with van der Waals surface area (Å²) in [5.74, 6) is 0. The molecule has 60 valence electrons. The average molecular weight is 141 g/mol. The van der Waals surface area contributed by atoms with Crippen molar-refractivity contribution in [2.24, 2.45) is 5.41 Å². The highest BCUT2D eigenvalue weighted by Crippen LogP contribution is 2.20. The van der Waals surface area contributed by atoms with E-state index in [-0.39, 0.29) is 5.41 Å². The first-order chi connectivity index (χ1) is 4.34. The molecule has 0 unspecified atom stereocenters. The fourth-order valence-electron chi connectivity index (χ4n) is 0.565. The van der Waals surface area contributed by atoms with Crippen LogP contribution in [-0.2, 0) is 0 Å². The Morgan fingerprint density at radius 1 is 1.30 bits per heavy atom. The van der Waals surface area contributed by atoms with Crippen molar-refractivity contribution < 1.29 is 0 Å². The summed E-state index contributed by atoms with van der Waals surface area (Å²) in [6.45, 7) is 14.7. The van der Waals surface area contributed by atoms with Gasteiger partial charge in [0.25, 0.3) is 0 Å². The molecule has 1 N–H and O–H groups in total. The van der Waals surface area contributed by atoms with E-state index in [0.717, 1.165) is 5.70 Å². The molecule has 0 aromatic rings. The molecule has 0 aliphatic rings. The van der Waals surface area contributed by atoms with Crippen LogP contribution in [0.1, 0.15) is 34.6 Å². The quantitative estimate of drug-likeness (QED) is 0.623. The second-order valence-corrected chi connectivity index (χ2v) is 4.03.